The summed E-state index contributed by atoms with van der Waals surface area (Å²) in [6.45, 7) is 8.82. The molecule has 0 N–H and O–H groups in total. The molecule has 0 aromatic rings. The molecule has 0 atom stereocenters. The molecule has 1 fully saturated rings. The van der Waals surface area contributed by atoms with E-state index in [4.69, 9.17) is 0 Å². The van der Waals surface area contributed by atoms with Crippen molar-refractivity contribution in [3.8, 4) is 0 Å². The van der Waals surface area contributed by atoms with E-state index in [0.717, 1.165) is 12.3 Å². The highest BCUT2D eigenvalue weighted by molar-refractivity contribution is 4.80. The van der Waals surface area contributed by atoms with Crippen molar-refractivity contribution in [3.63, 3.8) is 0 Å². The monoisotopic (exact) mass is 167 g/mol. The summed E-state index contributed by atoms with van der Waals surface area (Å²) < 4.78 is 0. The second-order valence-corrected chi connectivity index (χ2v) is 4.93. The van der Waals surface area contributed by atoms with Gasteiger partial charge in [-0.1, -0.05) is 46.5 Å². The highest BCUT2D eigenvalue weighted by Crippen LogP contribution is 2.40. The SMILES string of the molecule is [CH2]CCC(C)(C)C1CCCCC1. The Morgan fingerprint density at radius 3 is 2.25 bits per heavy atom. The molecule has 0 heterocycles. The Balaban J connectivity index is 2.41. The van der Waals surface area contributed by atoms with Gasteiger partial charge in [-0.25, -0.2) is 0 Å². The van der Waals surface area contributed by atoms with Crippen LogP contribution in [0.15, 0.2) is 0 Å². The minimum absolute atomic E-state index is 0.558. The summed E-state index contributed by atoms with van der Waals surface area (Å²) >= 11 is 0. The second kappa shape index (κ2) is 4.30. The molecule has 1 saturated carbocycles. The Kier molecular flexibility index (Phi) is 3.61. The van der Waals surface area contributed by atoms with Crippen molar-refractivity contribution >= 4 is 0 Å². The van der Waals surface area contributed by atoms with Gasteiger partial charge in [0, 0.05) is 0 Å². The van der Waals surface area contributed by atoms with E-state index in [2.05, 4.69) is 20.8 Å². The van der Waals surface area contributed by atoms with Gasteiger partial charge < -0.3 is 0 Å². The number of hydrogen-bond acceptors (Lipinski definition) is 0. The first-order chi connectivity index (χ1) is 5.67. The summed E-state index contributed by atoms with van der Waals surface area (Å²) in [5, 5.41) is 0. The molecule has 0 spiro atoms. The van der Waals surface area contributed by atoms with E-state index in [9.17, 15) is 0 Å². The van der Waals surface area contributed by atoms with Gasteiger partial charge in [0.15, 0.2) is 0 Å². The molecule has 12 heavy (non-hydrogen) atoms. The summed E-state index contributed by atoms with van der Waals surface area (Å²) in [6.07, 6.45) is 9.73. The zero-order valence-electron chi connectivity index (χ0n) is 8.73. The average Bonchev–Trinajstić information content (AvgIpc) is 2.06. The second-order valence-electron chi connectivity index (χ2n) is 4.93. The molecule has 0 nitrogen and oxygen atoms in total. The van der Waals surface area contributed by atoms with Crippen LogP contribution in [0.25, 0.3) is 0 Å². The molecule has 0 aromatic carbocycles. The minimum Gasteiger partial charge on any atom is -0.0596 e. The zero-order chi connectivity index (χ0) is 9.03. The lowest BCUT2D eigenvalue weighted by Crippen LogP contribution is -2.25. The fourth-order valence-corrected chi connectivity index (χ4v) is 2.54. The van der Waals surface area contributed by atoms with Gasteiger partial charge in [0.2, 0.25) is 0 Å². The summed E-state index contributed by atoms with van der Waals surface area (Å²) in [6, 6.07) is 0. The van der Waals surface area contributed by atoms with Crippen molar-refractivity contribution in [3.05, 3.63) is 6.92 Å². The van der Waals surface area contributed by atoms with E-state index < -0.39 is 0 Å². The molecular weight excluding hydrogens is 144 g/mol. The summed E-state index contributed by atoms with van der Waals surface area (Å²) in [7, 11) is 0. The lowest BCUT2D eigenvalue weighted by Gasteiger charge is -2.37. The van der Waals surface area contributed by atoms with Crippen molar-refractivity contribution in [2.75, 3.05) is 0 Å². The van der Waals surface area contributed by atoms with Gasteiger partial charge in [0.25, 0.3) is 0 Å². The molecule has 1 aliphatic rings. The third-order valence-electron chi connectivity index (χ3n) is 3.53. The Morgan fingerprint density at radius 1 is 1.17 bits per heavy atom. The van der Waals surface area contributed by atoms with E-state index in [1.54, 1.807) is 0 Å². The summed E-state index contributed by atoms with van der Waals surface area (Å²) in [4.78, 5) is 0. The summed E-state index contributed by atoms with van der Waals surface area (Å²) in [5.74, 6) is 0.980. The Bertz CT molecular complexity index is 118. The Hall–Kier alpha value is 0. The third kappa shape index (κ3) is 2.50. The van der Waals surface area contributed by atoms with Gasteiger partial charge >= 0.3 is 0 Å². The van der Waals surface area contributed by atoms with E-state index in [-0.39, 0.29) is 0 Å². The normalized spacial score (nSPS) is 21.2. The average molecular weight is 167 g/mol. The Labute approximate surface area is 77.7 Å². The van der Waals surface area contributed by atoms with E-state index >= 15 is 0 Å². The highest BCUT2D eigenvalue weighted by atomic mass is 14.3. The first kappa shape index (κ1) is 10.1. The van der Waals surface area contributed by atoms with Gasteiger partial charge in [-0.15, -0.1) is 0 Å². The van der Waals surface area contributed by atoms with Crippen molar-refractivity contribution in [2.24, 2.45) is 11.3 Å². The van der Waals surface area contributed by atoms with Crippen LogP contribution in [0.4, 0.5) is 0 Å². The summed E-state index contributed by atoms with van der Waals surface area (Å²) in [5.41, 5.74) is 0.558. The van der Waals surface area contributed by atoms with Crippen LogP contribution >= 0.6 is 0 Å². The predicted molar refractivity (Wildman–Crippen MR) is 54.9 cm³/mol. The molecular formula is C12H23. The molecule has 1 rings (SSSR count). The fourth-order valence-electron chi connectivity index (χ4n) is 2.54. The van der Waals surface area contributed by atoms with Crippen molar-refractivity contribution in [1.82, 2.24) is 0 Å². The first-order valence-electron chi connectivity index (χ1n) is 5.46. The van der Waals surface area contributed by atoms with Gasteiger partial charge in [-0.3, -0.25) is 0 Å². The van der Waals surface area contributed by atoms with Crippen LogP contribution in [-0.2, 0) is 0 Å². The highest BCUT2D eigenvalue weighted by Gasteiger charge is 2.29. The van der Waals surface area contributed by atoms with Crippen molar-refractivity contribution < 1.29 is 0 Å². The standard InChI is InChI=1S/C12H23/c1-4-10-12(2,3)11-8-6-5-7-9-11/h11H,1,4-10H2,2-3H3. The van der Waals surface area contributed by atoms with Gasteiger partial charge in [-0.05, 0) is 30.6 Å². The quantitative estimate of drug-likeness (QED) is 0.590. The minimum atomic E-state index is 0.558. The fraction of sp³-hybridized carbons (Fsp3) is 0.917. The molecule has 0 saturated heterocycles. The lowest BCUT2D eigenvalue weighted by atomic mass is 9.69. The van der Waals surface area contributed by atoms with Crippen molar-refractivity contribution in [1.29, 1.82) is 0 Å². The van der Waals surface area contributed by atoms with Crippen LogP contribution in [0.1, 0.15) is 58.8 Å². The molecule has 0 bridgehead atoms. The first-order valence-corrected chi connectivity index (χ1v) is 5.46. The van der Waals surface area contributed by atoms with Crippen LogP contribution in [0.2, 0.25) is 0 Å². The van der Waals surface area contributed by atoms with Crippen molar-refractivity contribution in [2.45, 2.75) is 58.8 Å². The smallest absolute Gasteiger partial charge is 0.0326 e. The maximum absolute atomic E-state index is 3.97. The number of rotatable bonds is 3. The molecule has 0 amide bonds. The lowest BCUT2D eigenvalue weighted by molar-refractivity contribution is 0.147. The van der Waals surface area contributed by atoms with Gasteiger partial charge in [0.1, 0.15) is 0 Å². The molecule has 0 heteroatoms. The van der Waals surface area contributed by atoms with E-state index in [1.807, 2.05) is 0 Å². The van der Waals surface area contributed by atoms with Gasteiger partial charge in [0.05, 0.1) is 0 Å². The molecule has 1 aliphatic carbocycles. The maximum Gasteiger partial charge on any atom is -0.0326 e. The third-order valence-corrected chi connectivity index (χ3v) is 3.53. The van der Waals surface area contributed by atoms with Crippen LogP contribution in [0.3, 0.4) is 0 Å². The Morgan fingerprint density at radius 2 is 1.75 bits per heavy atom. The predicted octanol–water partition coefficient (Wildman–Crippen LogP) is 4.21. The molecule has 71 valence electrons. The van der Waals surface area contributed by atoms with Crippen LogP contribution in [-0.4, -0.2) is 0 Å². The van der Waals surface area contributed by atoms with Crippen LogP contribution < -0.4 is 0 Å². The van der Waals surface area contributed by atoms with Crippen LogP contribution in [0.5, 0.6) is 0 Å². The number of hydrogen-bond donors (Lipinski definition) is 0. The van der Waals surface area contributed by atoms with E-state index in [0.29, 0.717) is 5.41 Å². The van der Waals surface area contributed by atoms with Crippen LogP contribution in [0, 0.1) is 18.3 Å². The maximum atomic E-state index is 3.97. The molecule has 0 aromatic heterocycles. The zero-order valence-corrected chi connectivity index (χ0v) is 8.73. The van der Waals surface area contributed by atoms with E-state index in [1.165, 1.54) is 38.5 Å². The molecule has 0 aliphatic heterocycles. The molecule has 1 radical (unpaired) electrons. The topological polar surface area (TPSA) is 0 Å². The molecule has 0 unspecified atom stereocenters. The van der Waals surface area contributed by atoms with Gasteiger partial charge in [-0.2, -0.15) is 0 Å². The largest absolute Gasteiger partial charge is 0.0596 e.